The first-order valence-electron chi connectivity index (χ1n) is 4.71. The van der Waals surface area contributed by atoms with E-state index in [1.54, 1.807) is 12.1 Å². The Hall–Kier alpha value is -1.06. The first-order chi connectivity index (χ1) is 7.67. The zero-order chi connectivity index (χ0) is 12.0. The smallest absolute Gasteiger partial charge is 0.267 e. The lowest BCUT2D eigenvalue weighted by Crippen LogP contribution is -2.20. The number of nitrogens with zero attached hydrogens (tertiary/aromatic N) is 1. The third-order valence-electron chi connectivity index (χ3n) is 1.94. The molecule has 0 radical (unpaired) electrons. The van der Waals surface area contributed by atoms with Gasteiger partial charge in [-0.2, -0.15) is 5.10 Å². The van der Waals surface area contributed by atoms with Crippen LogP contribution in [0.3, 0.4) is 0 Å². The Morgan fingerprint density at radius 3 is 2.31 bits per heavy atom. The van der Waals surface area contributed by atoms with Crippen molar-refractivity contribution in [3.8, 4) is 0 Å². The summed E-state index contributed by atoms with van der Waals surface area (Å²) in [4.78, 5) is 11.6. The molecule has 86 valence electrons. The predicted molar refractivity (Wildman–Crippen MR) is 67.5 cm³/mol. The van der Waals surface area contributed by atoms with Crippen LogP contribution < -0.4 is 5.43 Å². The predicted octanol–water partition coefficient (Wildman–Crippen LogP) is 2.56. The first-order valence-corrected chi connectivity index (χ1v) is 5.78. The van der Waals surface area contributed by atoms with Crippen molar-refractivity contribution in [1.82, 2.24) is 5.43 Å². The molecule has 0 aliphatic heterocycles. The van der Waals surface area contributed by atoms with Gasteiger partial charge in [0.25, 0.3) is 5.91 Å². The number of alkyl halides is 2. The Morgan fingerprint density at radius 1 is 1.25 bits per heavy atom. The summed E-state index contributed by atoms with van der Waals surface area (Å²) in [5.74, 6) is 0.141. The van der Waals surface area contributed by atoms with Crippen molar-refractivity contribution in [3.05, 3.63) is 35.4 Å². The molecular weight excluding hydrogens is 247 g/mol. The number of rotatable bonds is 4. The van der Waals surface area contributed by atoms with E-state index in [0.29, 0.717) is 11.3 Å². The van der Waals surface area contributed by atoms with Gasteiger partial charge in [-0.3, -0.25) is 4.79 Å². The minimum absolute atomic E-state index is 0.206. The number of nitrogens with one attached hydrogen (secondary N) is 1. The highest BCUT2D eigenvalue weighted by atomic mass is 35.5. The molecule has 0 atom stereocenters. The molecule has 3 nitrogen and oxygen atoms in total. The molecule has 16 heavy (non-hydrogen) atoms. The van der Waals surface area contributed by atoms with Gasteiger partial charge in [0.15, 0.2) is 0 Å². The van der Waals surface area contributed by atoms with E-state index in [1.807, 2.05) is 19.1 Å². The number of halogens is 2. The molecule has 0 aliphatic rings. The highest BCUT2D eigenvalue weighted by Gasteiger charge is 2.03. The Bertz CT molecular complexity index is 381. The Labute approximate surface area is 104 Å². The summed E-state index contributed by atoms with van der Waals surface area (Å²) >= 11 is 11.1. The second-order valence-corrected chi connectivity index (χ2v) is 3.79. The van der Waals surface area contributed by atoms with Gasteiger partial charge in [-0.05, 0) is 19.1 Å². The van der Waals surface area contributed by atoms with Gasteiger partial charge in [-0.15, -0.1) is 23.2 Å². The maximum atomic E-state index is 11.6. The minimum Gasteiger partial charge on any atom is -0.267 e. The lowest BCUT2D eigenvalue weighted by Gasteiger charge is -2.02. The van der Waals surface area contributed by atoms with Gasteiger partial charge < -0.3 is 0 Å². The molecule has 1 N–H and O–H groups in total. The molecule has 5 heteroatoms. The van der Waals surface area contributed by atoms with Gasteiger partial charge in [0.1, 0.15) is 0 Å². The van der Waals surface area contributed by atoms with E-state index >= 15 is 0 Å². The van der Waals surface area contributed by atoms with E-state index in [-0.39, 0.29) is 17.7 Å². The summed E-state index contributed by atoms with van der Waals surface area (Å²) in [5.41, 5.74) is 4.58. The molecule has 1 aromatic carbocycles. The number of amides is 1. The lowest BCUT2D eigenvalue weighted by molar-refractivity contribution is 0.0955. The van der Waals surface area contributed by atoms with Crippen molar-refractivity contribution in [1.29, 1.82) is 0 Å². The molecule has 0 heterocycles. The zero-order valence-electron chi connectivity index (χ0n) is 8.84. The van der Waals surface area contributed by atoms with Crippen LogP contribution in [0.1, 0.15) is 15.9 Å². The molecule has 1 amide bonds. The highest BCUT2D eigenvalue weighted by Crippen LogP contribution is 2.02. The molecule has 0 unspecified atom stereocenters. The third-order valence-corrected chi connectivity index (χ3v) is 2.55. The van der Waals surface area contributed by atoms with Crippen molar-refractivity contribution >= 4 is 34.8 Å². The monoisotopic (exact) mass is 258 g/mol. The number of aryl methyl sites for hydroxylation is 1. The van der Waals surface area contributed by atoms with Crippen LogP contribution in [0.25, 0.3) is 0 Å². The van der Waals surface area contributed by atoms with E-state index < -0.39 is 0 Å². The van der Waals surface area contributed by atoms with Gasteiger partial charge >= 0.3 is 0 Å². The van der Waals surface area contributed by atoms with Crippen LogP contribution in [0.4, 0.5) is 0 Å². The summed E-state index contributed by atoms with van der Waals surface area (Å²) in [6, 6.07) is 7.20. The number of carbonyl (C=O) groups is 1. The van der Waals surface area contributed by atoms with Gasteiger partial charge in [0.05, 0.1) is 17.5 Å². The summed E-state index contributed by atoms with van der Waals surface area (Å²) in [6.07, 6.45) is 0. The molecule has 1 aromatic rings. The number of benzene rings is 1. The molecular formula is C11H12Cl2N2O. The van der Waals surface area contributed by atoms with Crippen molar-refractivity contribution in [3.63, 3.8) is 0 Å². The maximum Gasteiger partial charge on any atom is 0.271 e. The minimum atomic E-state index is -0.271. The van der Waals surface area contributed by atoms with Crippen LogP contribution >= 0.6 is 23.2 Å². The number of hydrogen-bond donors (Lipinski definition) is 1. The van der Waals surface area contributed by atoms with Gasteiger partial charge in [0.2, 0.25) is 0 Å². The van der Waals surface area contributed by atoms with Gasteiger partial charge in [0, 0.05) is 5.56 Å². The molecule has 1 rings (SSSR count). The standard InChI is InChI=1S/C11H12Cl2N2O/c1-8-2-4-9(5-3-8)11(16)15-14-10(6-12)7-13/h2-5H,6-7H2,1H3,(H,15,16). The summed E-state index contributed by atoms with van der Waals surface area (Å²) in [5, 5.41) is 3.81. The molecule has 0 saturated heterocycles. The number of hydrogen-bond acceptors (Lipinski definition) is 2. The van der Waals surface area contributed by atoms with Crippen molar-refractivity contribution < 1.29 is 4.79 Å². The summed E-state index contributed by atoms with van der Waals surface area (Å²) in [6.45, 7) is 1.96. The molecule has 0 saturated carbocycles. The topological polar surface area (TPSA) is 41.5 Å². The van der Waals surface area contributed by atoms with E-state index in [1.165, 1.54) is 0 Å². The van der Waals surface area contributed by atoms with Crippen LogP contribution in [-0.2, 0) is 0 Å². The van der Waals surface area contributed by atoms with Crippen molar-refractivity contribution in [2.24, 2.45) is 5.10 Å². The average Bonchev–Trinajstić information content (AvgIpc) is 2.31. The van der Waals surface area contributed by atoms with Crippen molar-refractivity contribution in [2.75, 3.05) is 11.8 Å². The second kappa shape index (κ2) is 6.51. The zero-order valence-corrected chi connectivity index (χ0v) is 10.3. The quantitative estimate of drug-likeness (QED) is 0.504. The average molecular weight is 259 g/mol. The Morgan fingerprint density at radius 2 is 1.81 bits per heavy atom. The van der Waals surface area contributed by atoms with Crippen LogP contribution in [-0.4, -0.2) is 23.4 Å². The van der Waals surface area contributed by atoms with E-state index in [2.05, 4.69) is 10.5 Å². The fourth-order valence-electron chi connectivity index (χ4n) is 0.995. The van der Waals surface area contributed by atoms with Crippen LogP contribution in [0.5, 0.6) is 0 Å². The van der Waals surface area contributed by atoms with E-state index in [4.69, 9.17) is 23.2 Å². The first kappa shape index (κ1) is 13.0. The maximum absolute atomic E-state index is 11.6. The normalized spacial score (nSPS) is 9.69. The Kier molecular flexibility index (Phi) is 5.29. The fraction of sp³-hybridized carbons (Fsp3) is 0.273. The fourth-order valence-corrected chi connectivity index (χ4v) is 1.40. The largest absolute Gasteiger partial charge is 0.271 e. The van der Waals surface area contributed by atoms with Crippen LogP contribution in [0.15, 0.2) is 29.4 Å². The van der Waals surface area contributed by atoms with E-state index in [9.17, 15) is 4.79 Å². The second-order valence-electron chi connectivity index (χ2n) is 3.25. The molecule has 0 aliphatic carbocycles. The number of hydrazone groups is 1. The molecule has 0 spiro atoms. The molecule has 0 aromatic heterocycles. The van der Waals surface area contributed by atoms with Gasteiger partial charge in [-0.1, -0.05) is 17.7 Å². The highest BCUT2D eigenvalue weighted by molar-refractivity contribution is 6.37. The van der Waals surface area contributed by atoms with Crippen LogP contribution in [0.2, 0.25) is 0 Å². The van der Waals surface area contributed by atoms with Crippen LogP contribution in [0, 0.1) is 6.92 Å². The third kappa shape index (κ3) is 3.83. The van der Waals surface area contributed by atoms with Gasteiger partial charge in [-0.25, -0.2) is 5.43 Å². The van der Waals surface area contributed by atoms with E-state index in [0.717, 1.165) is 5.56 Å². The molecule has 0 fully saturated rings. The molecule has 0 bridgehead atoms. The Balaban J connectivity index is 2.66. The SMILES string of the molecule is Cc1ccc(C(=O)NN=C(CCl)CCl)cc1. The number of carbonyl (C=O) groups excluding carboxylic acids is 1. The summed E-state index contributed by atoms with van der Waals surface area (Å²) < 4.78 is 0. The van der Waals surface area contributed by atoms with Crippen molar-refractivity contribution in [2.45, 2.75) is 6.92 Å². The lowest BCUT2D eigenvalue weighted by atomic mass is 10.1. The summed E-state index contributed by atoms with van der Waals surface area (Å²) in [7, 11) is 0.